The first kappa shape index (κ1) is 30.0. The van der Waals surface area contributed by atoms with Crippen molar-refractivity contribution < 1.29 is 29.0 Å². The summed E-state index contributed by atoms with van der Waals surface area (Å²) in [6.45, 7) is 11.8. The number of imidazole rings is 1. The number of aromatic nitrogens is 3. The summed E-state index contributed by atoms with van der Waals surface area (Å²) in [6, 6.07) is 9.54. The SMILES string of the molecule is CCOc1cc(C2C(=C(O)c3c(C)nc4ccccn34)C(=O)C(=O)N2c2nc(C)c(C(C)=O)s2)ccc1OCCC(C)C. The van der Waals surface area contributed by atoms with Gasteiger partial charge in [-0.2, -0.15) is 0 Å². The molecule has 1 aromatic carbocycles. The van der Waals surface area contributed by atoms with Crippen LogP contribution in [0.15, 0.2) is 48.2 Å². The van der Waals surface area contributed by atoms with Crippen LogP contribution in [0.2, 0.25) is 0 Å². The molecule has 5 rings (SSSR count). The van der Waals surface area contributed by atoms with E-state index in [4.69, 9.17) is 9.47 Å². The fraction of sp³-hybridized carbons (Fsp3) is 0.344. The maximum atomic E-state index is 13.8. The van der Waals surface area contributed by atoms with E-state index in [-0.39, 0.29) is 22.2 Å². The summed E-state index contributed by atoms with van der Waals surface area (Å²) in [5.74, 6) is -0.865. The minimum Gasteiger partial charge on any atom is -0.505 e. The van der Waals surface area contributed by atoms with Crippen molar-refractivity contribution in [2.24, 2.45) is 5.92 Å². The monoisotopic (exact) mass is 602 g/mol. The summed E-state index contributed by atoms with van der Waals surface area (Å²) in [7, 11) is 0. The van der Waals surface area contributed by atoms with Gasteiger partial charge in [0.2, 0.25) is 0 Å². The number of carbonyl (C=O) groups is 3. The summed E-state index contributed by atoms with van der Waals surface area (Å²) in [6.07, 6.45) is 2.59. The van der Waals surface area contributed by atoms with Gasteiger partial charge in [0, 0.05) is 13.1 Å². The Hall–Kier alpha value is -4.51. The predicted molar refractivity (Wildman–Crippen MR) is 164 cm³/mol. The average molecular weight is 603 g/mol. The quantitative estimate of drug-likeness (QED) is 0.101. The highest BCUT2D eigenvalue weighted by Crippen LogP contribution is 2.46. The molecule has 0 radical (unpaired) electrons. The third kappa shape index (κ3) is 5.52. The van der Waals surface area contributed by atoms with E-state index >= 15 is 0 Å². The Morgan fingerprint density at radius 1 is 1.07 bits per heavy atom. The number of carbonyl (C=O) groups excluding carboxylic acids is 3. The molecule has 1 aliphatic rings. The Kier molecular flexibility index (Phi) is 8.36. The number of hydrogen-bond donors (Lipinski definition) is 1. The van der Waals surface area contributed by atoms with Crippen molar-refractivity contribution in [2.45, 2.75) is 54.0 Å². The smallest absolute Gasteiger partial charge is 0.301 e. The molecule has 0 aliphatic carbocycles. The number of aryl methyl sites for hydroxylation is 2. The van der Waals surface area contributed by atoms with Crippen LogP contribution in [-0.2, 0) is 9.59 Å². The number of pyridine rings is 1. The van der Waals surface area contributed by atoms with Crippen molar-refractivity contribution in [3.05, 3.63) is 75.7 Å². The van der Waals surface area contributed by atoms with Gasteiger partial charge >= 0.3 is 5.91 Å². The lowest BCUT2D eigenvalue weighted by Crippen LogP contribution is -2.29. The molecule has 0 spiro atoms. The number of nitrogens with zero attached hydrogens (tertiary/aromatic N) is 4. The molecular weight excluding hydrogens is 568 g/mol. The van der Waals surface area contributed by atoms with E-state index in [1.54, 1.807) is 54.8 Å². The molecule has 10 nitrogen and oxygen atoms in total. The molecule has 0 bridgehead atoms. The number of fused-ring (bicyclic) bond motifs is 1. The first-order valence-corrected chi connectivity index (χ1v) is 15.0. The number of rotatable bonds is 10. The first-order valence-electron chi connectivity index (χ1n) is 14.2. The fourth-order valence-electron chi connectivity index (χ4n) is 5.17. The van der Waals surface area contributed by atoms with Crippen molar-refractivity contribution >= 4 is 45.3 Å². The van der Waals surface area contributed by atoms with Crippen LogP contribution in [0, 0.1) is 19.8 Å². The van der Waals surface area contributed by atoms with Gasteiger partial charge in [-0.25, -0.2) is 9.97 Å². The van der Waals surface area contributed by atoms with Crippen molar-refractivity contribution in [1.82, 2.24) is 14.4 Å². The van der Waals surface area contributed by atoms with E-state index in [1.807, 2.05) is 13.0 Å². The van der Waals surface area contributed by atoms with Crippen LogP contribution in [-0.4, -0.2) is 50.2 Å². The number of hydrogen-bond acceptors (Lipinski definition) is 9. The summed E-state index contributed by atoms with van der Waals surface area (Å²) in [5, 5.41) is 12.0. The molecule has 3 aromatic heterocycles. The largest absolute Gasteiger partial charge is 0.505 e. The van der Waals surface area contributed by atoms with Crippen molar-refractivity contribution in [2.75, 3.05) is 18.1 Å². The molecule has 43 heavy (non-hydrogen) atoms. The van der Waals surface area contributed by atoms with Gasteiger partial charge in [-0.1, -0.05) is 37.3 Å². The third-order valence-corrected chi connectivity index (χ3v) is 8.48. The molecule has 1 aliphatic heterocycles. The predicted octanol–water partition coefficient (Wildman–Crippen LogP) is 6.06. The number of aliphatic hydroxyl groups is 1. The second kappa shape index (κ2) is 12.0. The Bertz CT molecular complexity index is 1770. The lowest BCUT2D eigenvalue weighted by atomic mass is 9.96. The van der Waals surface area contributed by atoms with Crippen molar-refractivity contribution in [3.8, 4) is 11.5 Å². The molecule has 1 fully saturated rings. The Morgan fingerprint density at radius 3 is 2.51 bits per heavy atom. The molecule has 1 amide bonds. The zero-order valence-electron chi connectivity index (χ0n) is 25.0. The lowest BCUT2D eigenvalue weighted by molar-refractivity contribution is -0.132. The van der Waals surface area contributed by atoms with Gasteiger partial charge < -0.3 is 14.6 Å². The van der Waals surface area contributed by atoms with Crippen LogP contribution in [0.25, 0.3) is 11.4 Å². The summed E-state index contributed by atoms with van der Waals surface area (Å²) >= 11 is 1.03. The zero-order valence-corrected chi connectivity index (χ0v) is 25.8. The summed E-state index contributed by atoms with van der Waals surface area (Å²) in [5.41, 5.74) is 2.21. The van der Waals surface area contributed by atoms with Crippen LogP contribution >= 0.6 is 11.3 Å². The molecular formula is C32H34N4O6S. The van der Waals surface area contributed by atoms with E-state index in [9.17, 15) is 19.5 Å². The van der Waals surface area contributed by atoms with Gasteiger partial charge in [0.1, 0.15) is 11.3 Å². The molecule has 1 atom stereocenters. The zero-order chi connectivity index (χ0) is 31.0. The Morgan fingerprint density at radius 2 is 1.84 bits per heavy atom. The topological polar surface area (TPSA) is 123 Å². The van der Waals surface area contributed by atoms with E-state index < -0.39 is 17.7 Å². The van der Waals surface area contributed by atoms with Crippen LogP contribution < -0.4 is 14.4 Å². The van der Waals surface area contributed by atoms with Gasteiger partial charge in [0.15, 0.2) is 28.2 Å². The number of benzene rings is 1. The first-order chi connectivity index (χ1) is 20.5. The summed E-state index contributed by atoms with van der Waals surface area (Å²) < 4.78 is 13.6. The normalized spacial score (nSPS) is 16.4. The molecule has 1 unspecified atom stereocenters. The molecule has 11 heteroatoms. The molecule has 4 heterocycles. The third-order valence-electron chi connectivity index (χ3n) is 7.22. The molecule has 224 valence electrons. The standard InChI is InChI=1S/C32H34N4O6S/c1-7-41-23-16-21(11-12-22(23)42-15-13-17(2)3)27-25(28(38)26-18(4)33-24-10-8-9-14-35(24)26)29(39)31(40)36(27)32-34-19(5)30(43-32)20(6)37/h8-12,14,16-17,27,38H,7,13,15H2,1-6H3. The number of anilines is 1. The second-order valence-corrected chi connectivity index (χ2v) is 11.8. The minimum absolute atomic E-state index is 0.119. The van der Waals surface area contributed by atoms with Gasteiger partial charge in [-0.3, -0.25) is 23.7 Å². The Balaban J connectivity index is 1.72. The van der Waals surface area contributed by atoms with Crippen molar-refractivity contribution in [1.29, 1.82) is 0 Å². The lowest BCUT2D eigenvalue weighted by Gasteiger charge is -2.24. The number of aliphatic hydroxyl groups excluding tert-OH is 1. The minimum atomic E-state index is -1.07. The highest BCUT2D eigenvalue weighted by molar-refractivity contribution is 7.18. The van der Waals surface area contributed by atoms with Crippen molar-refractivity contribution in [3.63, 3.8) is 0 Å². The highest BCUT2D eigenvalue weighted by atomic mass is 32.1. The number of ketones is 2. The van der Waals surface area contributed by atoms with Crippen LogP contribution in [0.1, 0.15) is 72.5 Å². The van der Waals surface area contributed by atoms with Gasteiger partial charge in [0.05, 0.1) is 41.1 Å². The number of thiazole rings is 1. The average Bonchev–Trinajstić information content (AvgIpc) is 3.59. The molecule has 1 N–H and O–H groups in total. The van der Waals surface area contributed by atoms with E-state index in [0.717, 1.165) is 17.8 Å². The van der Waals surface area contributed by atoms with Crippen LogP contribution in [0.5, 0.6) is 11.5 Å². The maximum absolute atomic E-state index is 13.8. The number of Topliss-reactive ketones (excluding diaryl/α,β-unsaturated/α-hetero) is 2. The van der Waals surface area contributed by atoms with Gasteiger partial charge in [-0.15, -0.1) is 0 Å². The fourth-order valence-corrected chi connectivity index (χ4v) is 6.16. The Labute approximate surface area is 253 Å². The van der Waals surface area contributed by atoms with E-state index in [0.29, 0.717) is 63.8 Å². The van der Waals surface area contributed by atoms with E-state index in [1.165, 1.54) is 11.8 Å². The molecule has 1 saturated heterocycles. The summed E-state index contributed by atoms with van der Waals surface area (Å²) in [4.78, 5) is 50.5. The van der Waals surface area contributed by atoms with Crippen LogP contribution in [0.3, 0.4) is 0 Å². The molecule has 4 aromatic rings. The van der Waals surface area contributed by atoms with Gasteiger partial charge in [0.25, 0.3) is 5.78 Å². The highest BCUT2D eigenvalue weighted by Gasteiger charge is 2.49. The number of amides is 1. The van der Waals surface area contributed by atoms with Gasteiger partial charge in [-0.05, 0) is 62.9 Å². The second-order valence-electron chi connectivity index (χ2n) is 10.8. The van der Waals surface area contributed by atoms with Crippen LogP contribution in [0.4, 0.5) is 5.13 Å². The maximum Gasteiger partial charge on any atom is 0.301 e. The van der Waals surface area contributed by atoms with E-state index in [2.05, 4.69) is 23.8 Å². The number of ether oxygens (including phenoxy) is 2. The molecule has 0 saturated carbocycles.